The van der Waals surface area contributed by atoms with E-state index < -0.39 is 15.8 Å². The Hall–Kier alpha value is -0.980. The second-order valence-corrected chi connectivity index (χ2v) is 7.05. The third-order valence-electron chi connectivity index (χ3n) is 3.46. The van der Waals surface area contributed by atoms with Gasteiger partial charge in [0.1, 0.15) is 5.82 Å². The monoisotopic (exact) mass is 301 g/mol. The molecule has 0 saturated heterocycles. The molecule has 1 aromatic rings. The molecule has 1 aliphatic rings. The summed E-state index contributed by atoms with van der Waals surface area (Å²) in [7, 11) is -3.58. The van der Waals surface area contributed by atoms with Crippen molar-refractivity contribution in [3.05, 3.63) is 29.6 Å². The van der Waals surface area contributed by atoms with Crippen LogP contribution in [0.5, 0.6) is 0 Å². The Bertz CT molecular complexity index is 570. The third-order valence-corrected chi connectivity index (χ3v) is 5.58. The third kappa shape index (κ3) is 3.37. The van der Waals surface area contributed by atoms with Gasteiger partial charge in [0.15, 0.2) is 0 Å². The van der Waals surface area contributed by atoms with Gasteiger partial charge in [-0.15, -0.1) is 0 Å². The summed E-state index contributed by atoms with van der Waals surface area (Å²) in [5, 5.41) is 8.82. The highest BCUT2D eigenvalue weighted by Crippen LogP contribution is 2.33. The molecule has 0 aromatic heterocycles. The van der Waals surface area contributed by atoms with Gasteiger partial charge < -0.3 is 5.11 Å². The molecule has 0 radical (unpaired) electrons. The molecule has 1 N–H and O–H groups in total. The average molecular weight is 301 g/mol. The van der Waals surface area contributed by atoms with Crippen molar-refractivity contribution >= 4 is 10.0 Å². The number of sulfonamides is 1. The molecule has 0 amide bonds. The van der Waals surface area contributed by atoms with Gasteiger partial charge in [0, 0.05) is 19.2 Å². The number of hydrogen-bond donors (Lipinski definition) is 1. The molecular formula is C14H20FNO3S. The lowest BCUT2D eigenvalue weighted by Gasteiger charge is -2.22. The minimum absolute atomic E-state index is 0.0585. The number of aliphatic hydroxyl groups excluding tert-OH is 1. The quantitative estimate of drug-likeness (QED) is 0.784. The molecule has 1 aromatic carbocycles. The highest BCUT2D eigenvalue weighted by atomic mass is 32.2. The lowest BCUT2D eigenvalue weighted by molar-refractivity contribution is 0.275. The van der Waals surface area contributed by atoms with Crippen LogP contribution >= 0.6 is 0 Å². The molecule has 0 heterocycles. The van der Waals surface area contributed by atoms with Gasteiger partial charge in [0.2, 0.25) is 10.0 Å². The predicted molar refractivity (Wildman–Crippen MR) is 74.4 cm³/mol. The number of halogens is 1. The molecular weight excluding hydrogens is 281 g/mol. The normalized spacial score (nSPS) is 15.8. The van der Waals surface area contributed by atoms with Crippen molar-refractivity contribution in [1.29, 1.82) is 0 Å². The summed E-state index contributed by atoms with van der Waals surface area (Å²) in [5.41, 5.74) is 0.429. The first-order valence-electron chi connectivity index (χ1n) is 6.85. The van der Waals surface area contributed by atoms with Crippen LogP contribution in [0.25, 0.3) is 0 Å². The van der Waals surface area contributed by atoms with E-state index >= 15 is 0 Å². The van der Waals surface area contributed by atoms with Crippen molar-refractivity contribution in [2.45, 2.75) is 43.5 Å². The Labute approximate surface area is 119 Å². The van der Waals surface area contributed by atoms with Gasteiger partial charge in [-0.3, -0.25) is 0 Å². The van der Waals surface area contributed by atoms with Crippen LogP contribution in [0.3, 0.4) is 0 Å². The zero-order valence-corrected chi connectivity index (χ0v) is 12.4. The molecule has 0 spiro atoms. The molecule has 4 nitrogen and oxygen atoms in total. The predicted octanol–water partition coefficient (Wildman–Crippen LogP) is 2.06. The summed E-state index contributed by atoms with van der Waals surface area (Å²) in [5.74, 6) is -0.431. The van der Waals surface area contributed by atoms with Crippen molar-refractivity contribution in [2.75, 3.05) is 13.2 Å². The van der Waals surface area contributed by atoms with Crippen molar-refractivity contribution in [1.82, 2.24) is 4.31 Å². The van der Waals surface area contributed by atoms with Crippen LogP contribution in [-0.2, 0) is 10.0 Å². The molecule has 2 rings (SSSR count). The van der Waals surface area contributed by atoms with Crippen molar-refractivity contribution in [3.63, 3.8) is 0 Å². The lowest BCUT2D eigenvalue weighted by Crippen LogP contribution is -2.34. The van der Waals surface area contributed by atoms with Gasteiger partial charge >= 0.3 is 0 Å². The largest absolute Gasteiger partial charge is 0.396 e. The van der Waals surface area contributed by atoms with Gasteiger partial charge in [0.05, 0.1) is 4.90 Å². The Morgan fingerprint density at radius 3 is 2.60 bits per heavy atom. The standard InChI is InChI=1S/C14H20FNO3S/c1-11-10-12(15)4-7-14(11)20(18,19)16(13-5-6-13)8-2-3-9-17/h4,7,10,13,17H,2-3,5-6,8-9H2,1H3. The maximum Gasteiger partial charge on any atom is 0.243 e. The van der Waals surface area contributed by atoms with E-state index in [0.29, 0.717) is 24.9 Å². The van der Waals surface area contributed by atoms with E-state index in [9.17, 15) is 12.8 Å². The first-order chi connectivity index (χ1) is 9.46. The van der Waals surface area contributed by atoms with E-state index in [2.05, 4.69) is 0 Å². The summed E-state index contributed by atoms with van der Waals surface area (Å²) < 4.78 is 40.0. The van der Waals surface area contributed by atoms with Crippen LogP contribution in [0.1, 0.15) is 31.2 Å². The summed E-state index contributed by atoms with van der Waals surface area (Å²) in [4.78, 5) is 0.176. The maximum absolute atomic E-state index is 13.1. The number of aliphatic hydroxyl groups is 1. The molecule has 6 heteroatoms. The van der Waals surface area contributed by atoms with Gasteiger partial charge in [0.25, 0.3) is 0 Å². The van der Waals surface area contributed by atoms with Gasteiger partial charge in [-0.25, -0.2) is 12.8 Å². The summed E-state index contributed by atoms with van der Waals surface area (Å²) >= 11 is 0. The maximum atomic E-state index is 13.1. The number of hydrogen-bond acceptors (Lipinski definition) is 3. The molecule has 20 heavy (non-hydrogen) atoms. The summed E-state index contributed by atoms with van der Waals surface area (Å²) in [6.45, 7) is 2.08. The Kier molecular flexibility index (Phi) is 4.78. The Balaban J connectivity index is 2.25. The zero-order valence-electron chi connectivity index (χ0n) is 11.5. The lowest BCUT2D eigenvalue weighted by atomic mass is 10.2. The van der Waals surface area contributed by atoms with Crippen LogP contribution in [0.2, 0.25) is 0 Å². The highest BCUT2D eigenvalue weighted by molar-refractivity contribution is 7.89. The topological polar surface area (TPSA) is 57.6 Å². The summed E-state index contributed by atoms with van der Waals surface area (Å²) in [6, 6.07) is 3.81. The number of benzene rings is 1. The van der Waals surface area contributed by atoms with Crippen LogP contribution < -0.4 is 0 Å². The minimum Gasteiger partial charge on any atom is -0.396 e. The molecule has 0 bridgehead atoms. The molecule has 0 unspecified atom stereocenters. The van der Waals surface area contributed by atoms with Crippen LogP contribution in [0, 0.1) is 12.7 Å². The first kappa shape index (κ1) is 15.4. The second-order valence-electron chi connectivity index (χ2n) is 5.19. The van der Waals surface area contributed by atoms with E-state index in [-0.39, 0.29) is 17.5 Å². The van der Waals surface area contributed by atoms with Crippen molar-refractivity contribution < 1.29 is 17.9 Å². The van der Waals surface area contributed by atoms with E-state index in [0.717, 1.165) is 12.8 Å². The smallest absolute Gasteiger partial charge is 0.243 e. The fourth-order valence-corrected chi connectivity index (χ4v) is 4.20. The average Bonchev–Trinajstić information content (AvgIpc) is 3.18. The summed E-state index contributed by atoms with van der Waals surface area (Å²) in [6.07, 6.45) is 2.96. The number of nitrogens with zero attached hydrogens (tertiary/aromatic N) is 1. The molecule has 0 atom stereocenters. The van der Waals surface area contributed by atoms with Crippen molar-refractivity contribution in [3.8, 4) is 0 Å². The van der Waals surface area contributed by atoms with Gasteiger partial charge in [-0.1, -0.05) is 0 Å². The number of unbranched alkanes of at least 4 members (excludes halogenated alkanes) is 1. The molecule has 0 aliphatic heterocycles. The van der Waals surface area contributed by atoms with E-state index in [1.54, 1.807) is 6.92 Å². The van der Waals surface area contributed by atoms with E-state index in [1.807, 2.05) is 0 Å². The molecule has 1 fully saturated rings. The second kappa shape index (κ2) is 6.20. The van der Waals surface area contributed by atoms with Gasteiger partial charge in [-0.05, 0) is 56.4 Å². The zero-order chi connectivity index (χ0) is 14.8. The SMILES string of the molecule is Cc1cc(F)ccc1S(=O)(=O)N(CCCCO)C1CC1. The fourth-order valence-electron chi connectivity index (χ4n) is 2.27. The van der Waals surface area contributed by atoms with Crippen LogP contribution in [0.15, 0.2) is 23.1 Å². The highest BCUT2D eigenvalue weighted by Gasteiger charge is 2.38. The fraction of sp³-hybridized carbons (Fsp3) is 0.571. The Morgan fingerprint density at radius 1 is 1.35 bits per heavy atom. The van der Waals surface area contributed by atoms with Crippen molar-refractivity contribution in [2.24, 2.45) is 0 Å². The van der Waals surface area contributed by atoms with Crippen LogP contribution in [-0.4, -0.2) is 37.0 Å². The number of aryl methyl sites for hydroxylation is 1. The molecule has 112 valence electrons. The van der Waals surface area contributed by atoms with Crippen LogP contribution in [0.4, 0.5) is 4.39 Å². The van der Waals surface area contributed by atoms with E-state index in [4.69, 9.17) is 5.11 Å². The molecule has 1 aliphatic carbocycles. The van der Waals surface area contributed by atoms with Gasteiger partial charge in [-0.2, -0.15) is 4.31 Å². The number of rotatable bonds is 7. The first-order valence-corrected chi connectivity index (χ1v) is 8.29. The minimum atomic E-state index is -3.58. The van der Waals surface area contributed by atoms with E-state index in [1.165, 1.54) is 22.5 Å². The Morgan fingerprint density at radius 2 is 2.05 bits per heavy atom. The molecule has 1 saturated carbocycles.